The molecule has 0 radical (unpaired) electrons. The van der Waals surface area contributed by atoms with Crippen LogP contribution in [0.4, 0.5) is 5.69 Å². The summed E-state index contributed by atoms with van der Waals surface area (Å²) in [6.45, 7) is 9.34. The standard InChI is InChI=1S/C25H33N5O2S/c1-16-19(15-30-11-13-33-14-12-30)7-6-8-21(16)27-22(31)10-9-20-17(2)23-24(26-18(20)3)29(4)28-25(23)32-5/h6-8H,9-15H2,1-5H3,(H,27,31). The topological polar surface area (TPSA) is 72.3 Å². The van der Waals surface area contributed by atoms with Crippen molar-refractivity contribution in [3.8, 4) is 5.88 Å². The minimum atomic E-state index is 0.0154. The van der Waals surface area contributed by atoms with Crippen LogP contribution in [0.2, 0.25) is 0 Å². The fourth-order valence-corrected chi connectivity index (χ4v) is 5.53. The van der Waals surface area contributed by atoms with Gasteiger partial charge in [0.05, 0.1) is 12.5 Å². The lowest BCUT2D eigenvalue weighted by atomic mass is 10.00. The third-order valence-corrected chi connectivity index (χ3v) is 7.48. The maximum atomic E-state index is 12.9. The van der Waals surface area contributed by atoms with Crippen molar-refractivity contribution in [1.82, 2.24) is 19.7 Å². The first-order chi connectivity index (χ1) is 15.9. The molecule has 0 saturated carbocycles. The molecule has 0 unspecified atom stereocenters. The number of carbonyl (C=O) groups is 1. The third-order valence-electron chi connectivity index (χ3n) is 6.54. The van der Waals surface area contributed by atoms with Crippen molar-refractivity contribution in [2.24, 2.45) is 7.05 Å². The van der Waals surface area contributed by atoms with Crippen LogP contribution in [0.3, 0.4) is 0 Å². The van der Waals surface area contributed by atoms with E-state index in [-0.39, 0.29) is 5.91 Å². The summed E-state index contributed by atoms with van der Waals surface area (Å²) in [7, 11) is 3.49. The van der Waals surface area contributed by atoms with Crippen LogP contribution < -0.4 is 10.1 Å². The van der Waals surface area contributed by atoms with Gasteiger partial charge in [0.25, 0.3) is 0 Å². The van der Waals surface area contributed by atoms with Crippen molar-refractivity contribution < 1.29 is 9.53 Å². The van der Waals surface area contributed by atoms with E-state index in [1.165, 1.54) is 17.1 Å². The number of hydrogen-bond acceptors (Lipinski definition) is 6. The Bertz CT molecular complexity index is 1170. The minimum Gasteiger partial charge on any atom is -0.479 e. The Morgan fingerprint density at radius 2 is 1.94 bits per heavy atom. The smallest absolute Gasteiger partial charge is 0.242 e. The maximum absolute atomic E-state index is 12.9. The molecular weight excluding hydrogens is 434 g/mol. The molecule has 3 aromatic rings. The van der Waals surface area contributed by atoms with Gasteiger partial charge in [-0.3, -0.25) is 9.69 Å². The van der Waals surface area contributed by atoms with Crippen molar-refractivity contribution >= 4 is 34.4 Å². The molecule has 33 heavy (non-hydrogen) atoms. The van der Waals surface area contributed by atoms with E-state index in [1.807, 2.05) is 37.9 Å². The quantitative estimate of drug-likeness (QED) is 0.566. The maximum Gasteiger partial charge on any atom is 0.242 e. The Morgan fingerprint density at radius 3 is 2.67 bits per heavy atom. The number of hydrogen-bond donors (Lipinski definition) is 1. The van der Waals surface area contributed by atoms with Gasteiger partial charge in [-0.25, -0.2) is 9.67 Å². The van der Waals surface area contributed by atoms with Crippen LogP contribution >= 0.6 is 11.8 Å². The van der Waals surface area contributed by atoms with Crippen LogP contribution in [0, 0.1) is 20.8 Å². The lowest BCUT2D eigenvalue weighted by Crippen LogP contribution is -2.32. The Kier molecular flexibility index (Phi) is 7.24. The molecule has 1 aromatic carbocycles. The van der Waals surface area contributed by atoms with E-state index in [2.05, 4.69) is 35.2 Å². The van der Waals surface area contributed by atoms with Gasteiger partial charge < -0.3 is 10.1 Å². The Hall–Kier alpha value is -2.58. The number of pyridine rings is 1. The molecule has 0 aliphatic carbocycles. The van der Waals surface area contributed by atoms with Crippen molar-refractivity contribution in [3.63, 3.8) is 0 Å². The zero-order valence-electron chi connectivity index (χ0n) is 20.2. The number of carbonyl (C=O) groups excluding carboxylic acids is 1. The van der Waals surface area contributed by atoms with Gasteiger partial charge in [-0.2, -0.15) is 11.8 Å². The van der Waals surface area contributed by atoms with Gasteiger partial charge in [0.15, 0.2) is 5.65 Å². The number of thioether (sulfide) groups is 1. The SMILES string of the molecule is COc1nn(C)c2nc(C)c(CCC(=O)Nc3cccc(CN4CCSCC4)c3C)c(C)c12. The predicted molar refractivity (Wildman–Crippen MR) is 135 cm³/mol. The number of aromatic nitrogens is 3. The van der Waals surface area contributed by atoms with E-state index in [0.717, 1.165) is 58.7 Å². The number of nitrogens with zero attached hydrogens (tertiary/aromatic N) is 4. The fraction of sp³-hybridized carbons (Fsp3) is 0.480. The van der Waals surface area contributed by atoms with Gasteiger partial charge in [0.1, 0.15) is 0 Å². The molecule has 1 N–H and O–H groups in total. The van der Waals surface area contributed by atoms with Crippen LogP contribution in [-0.4, -0.2) is 57.3 Å². The number of nitrogens with one attached hydrogen (secondary N) is 1. The average Bonchev–Trinajstić information content (AvgIpc) is 3.12. The molecule has 1 aliphatic heterocycles. The van der Waals surface area contributed by atoms with Crippen molar-refractivity contribution in [1.29, 1.82) is 0 Å². The number of rotatable bonds is 7. The second kappa shape index (κ2) is 10.1. The van der Waals surface area contributed by atoms with E-state index in [1.54, 1.807) is 11.8 Å². The van der Waals surface area contributed by atoms with Crippen molar-refractivity contribution in [2.75, 3.05) is 37.0 Å². The van der Waals surface area contributed by atoms with Crippen molar-refractivity contribution in [2.45, 2.75) is 40.2 Å². The van der Waals surface area contributed by atoms with Gasteiger partial charge in [0.2, 0.25) is 11.8 Å². The predicted octanol–water partition coefficient (Wildman–Crippen LogP) is 4.02. The van der Waals surface area contributed by atoms with Gasteiger partial charge in [-0.15, -0.1) is 5.10 Å². The Labute approximate surface area is 199 Å². The van der Waals surface area contributed by atoms with E-state index in [0.29, 0.717) is 18.7 Å². The second-order valence-electron chi connectivity index (χ2n) is 8.66. The van der Waals surface area contributed by atoms with Gasteiger partial charge in [-0.1, -0.05) is 12.1 Å². The van der Waals surface area contributed by atoms with Crippen molar-refractivity contribution in [3.05, 3.63) is 46.1 Å². The second-order valence-corrected chi connectivity index (χ2v) is 9.88. The minimum absolute atomic E-state index is 0.0154. The summed E-state index contributed by atoms with van der Waals surface area (Å²) in [5, 5.41) is 8.47. The number of aryl methyl sites for hydroxylation is 3. The largest absolute Gasteiger partial charge is 0.479 e. The highest BCUT2D eigenvalue weighted by Gasteiger charge is 2.19. The van der Waals surface area contributed by atoms with Gasteiger partial charge >= 0.3 is 0 Å². The van der Waals surface area contributed by atoms with E-state index in [9.17, 15) is 4.79 Å². The summed E-state index contributed by atoms with van der Waals surface area (Å²) < 4.78 is 7.19. The highest BCUT2D eigenvalue weighted by molar-refractivity contribution is 7.99. The highest BCUT2D eigenvalue weighted by Crippen LogP contribution is 2.30. The molecular formula is C25H33N5O2S. The van der Waals surface area contributed by atoms with E-state index >= 15 is 0 Å². The van der Waals surface area contributed by atoms with Gasteiger partial charge in [0, 0.05) is 56.0 Å². The molecule has 8 heteroatoms. The van der Waals surface area contributed by atoms with Crippen LogP contribution in [-0.2, 0) is 24.8 Å². The summed E-state index contributed by atoms with van der Waals surface area (Å²) in [6.07, 6.45) is 1.01. The molecule has 4 rings (SSSR count). The molecule has 7 nitrogen and oxygen atoms in total. The molecule has 1 fully saturated rings. The van der Waals surface area contributed by atoms with Gasteiger partial charge in [-0.05, 0) is 55.5 Å². The third kappa shape index (κ3) is 5.01. The first-order valence-electron chi connectivity index (χ1n) is 11.4. The zero-order chi connectivity index (χ0) is 23.5. The zero-order valence-corrected chi connectivity index (χ0v) is 21.0. The lowest BCUT2D eigenvalue weighted by molar-refractivity contribution is -0.116. The molecule has 0 bridgehead atoms. The number of anilines is 1. The molecule has 0 spiro atoms. The molecule has 1 aliphatic rings. The monoisotopic (exact) mass is 467 g/mol. The molecule has 1 saturated heterocycles. The summed E-state index contributed by atoms with van der Waals surface area (Å²) in [6, 6.07) is 6.20. The lowest BCUT2D eigenvalue weighted by Gasteiger charge is -2.27. The number of benzene rings is 1. The number of amides is 1. The Balaban J connectivity index is 1.46. The van der Waals surface area contributed by atoms with E-state index < -0.39 is 0 Å². The normalized spacial score (nSPS) is 14.6. The highest BCUT2D eigenvalue weighted by atomic mass is 32.2. The molecule has 0 atom stereocenters. The summed E-state index contributed by atoms with van der Waals surface area (Å²) in [5.74, 6) is 2.98. The molecule has 2 aromatic heterocycles. The first kappa shape index (κ1) is 23.6. The van der Waals surface area contributed by atoms with Crippen LogP contribution in [0.5, 0.6) is 5.88 Å². The van der Waals surface area contributed by atoms with Crippen LogP contribution in [0.1, 0.15) is 34.4 Å². The summed E-state index contributed by atoms with van der Waals surface area (Å²) in [4.78, 5) is 20.1. The summed E-state index contributed by atoms with van der Waals surface area (Å²) in [5.41, 5.74) is 7.22. The van der Waals surface area contributed by atoms with E-state index in [4.69, 9.17) is 9.72 Å². The molecule has 3 heterocycles. The molecule has 1 amide bonds. The average molecular weight is 468 g/mol. The number of fused-ring (bicyclic) bond motifs is 1. The number of ether oxygens (including phenoxy) is 1. The number of methoxy groups -OCH3 is 1. The van der Waals surface area contributed by atoms with Crippen LogP contribution in [0.15, 0.2) is 18.2 Å². The van der Waals surface area contributed by atoms with Crippen LogP contribution in [0.25, 0.3) is 11.0 Å². The Morgan fingerprint density at radius 1 is 1.18 bits per heavy atom. The summed E-state index contributed by atoms with van der Waals surface area (Å²) >= 11 is 2.02. The fourth-order valence-electron chi connectivity index (χ4n) is 4.55. The first-order valence-corrected chi connectivity index (χ1v) is 12.6. The molecule has 176 valence electrons.